The van der Waals surface area contributed by atoms with E-state index in [2.05, 4.69) is 4.98 Å². The summed E-state index contributed by atoms with van der Waals surface area (Å²) in [6, 6.07) is 9.25. The lowest BCUT2D eigenvalue weighted by molar-refractivity contribution is -0.143. The molecule has 1 fully saturated rings. The van der Waals surface area contributed by atoms with E-state index in [1.807, 2.05) is 11.8 Å². The maximum atomic E-state index is 14.0. The standard InChI is InChI=1S/C30H31ClF6N4O3S/c1-18-17-40(45(5,43)44)10-11-41(18)26-15-23(22-8-6-7-9-24(22)31)25(16-38-26)39(4)27(42)28(2,3)19-12-20(29(32,33)34)14-21(13-19)30(35,36)37/h6-9,12-16,18H,10-11,17H2,1-5H3/t18-/m1/s1. The van der Waals surface area contributed by atoms with Crippen LogP contribution in [0, 0.1) is 0 Å². The smallest absolute Gasteiger partial charge is 0.351 e. The Labute approximate surface area is 262 Å². The number of benzene rings is 2. The highest BCUT2D eigenvalue weighted by Crippen LogP contribution is 2.42. The highest BCUT2D eigenvalue weighted by Gasteiger charge is 2.41. The number of anilines is 2. The summed E-state index contributed by atoms with van der Waals surface area (Å²) in [4.78, 5) is 21.5. The molecule has 1 aliphatic rings. The van der Waals surface area contributed by atoms with Crippen LogP contribution in [0.1, 0.15) is 37.5 Å². The Morgan fingerprint density at radius 3 is 2.00 bits per heavy atom. The number of likely N-dealkylation sites (N-methyl/N-ethyl adjacent to an activating group) is 1. The average Bonchev–Trinajstić information content (AvgIpc) is 2.94. The number of carbonyl (C=O) groups excluding carboxylic acids is 1. The predicted octanol–water partition coefficient (Wildman–Crippen LogP) is 6.85. The van der Waals surface area contributed by atoms with Crippen LogP contribution in [0.25, 0.3) is 11.1 Å². The molecule has 1 amide bonds. The van der Waals surface area contributed by atoms with Gasteiger partial charge in [-0.05, 0) is 56.7 Å². The number of rotatable bonds is 6. The minimum Gasteiger partial charge on any atom is -0.351 e. The molecule has 0 spiro atoms. The van der Waals surface area contributed by atoms with Crippen LogP contribution in [0.2, 0.25) is 5.02 Å². The number of amides is 1. The fourth-order valence-electron chi connectivity index (χ4n) is 5.29. The van der Waals surface area contributed by atoms with E-state index in [0.29, 0.717) is 40.6 Å². The Hall–Kier alpha value is -3.36. The lowest BCUT2D eigenvalue weighted by Gasteiger charge is -2.39. The first-order valence-electron chi connectivity index (χ1n) is 13.7. The third-order valence-electron chi connectivity index (χ3n) is 7.90. The predicted molar refractivity (Wildman–Crippen MR) is 161 cm³/mol. The van der Waals surface area contributed by atoms with Gasteiger partial charge in [0.15, 0.2) is 0 Å². The normalized spacial score (nSPS) is 17.0. The van der Waals surface area contributed by atoms with Crippen molar-refractivity contribution in [2.45, 2.75) is 44.6 Å². The summed E-state index contributed by atoms with van der Waals surface area (Å²) in [7, 11) is -2.05. The van der Waals surface area contributed by atoms with Gasteiger partial charge in [-0.1, -0.05) is 29.8 Å². The molecule has 0 bridgehead atoms. The van der Waals surface area contributed by atoms with Gasteiger partial charge in [0.1, 0.15) is 5.82 Å². The lowest BCUT2D eigenvalue weighted by Crippen LogP contribution is -2.53. The molecule has 45 heavy (non-hydrogen) atoms. The van der Waals surface area contributed by atoms with Gasteiger partial charge < -0.3 is 9.80 Å². The highest BCUT2D eigenvalue weighted by atomic mass is 35.5. The second-order valence-electron chi connectivity index (χ2n) is 11.5. The van der Waals surface area contributed by atoms with Crippen LogP contribution in [0.15, 0.2) is 54.7 Å². The van der Waals surface area contributed by atoms with Crippen molar-refractivity contribution < 1.29 is 39.6 Å². The molecular weight excluding hydrogens is 646 g/mol. The first kappa shape index (κ1) is 34.5. The summed E-state index contributed by atoms with van der Waals surface area (Å²) in [6.45, 7) is 5.10. The van der Waals surface area contributed by atoms with Crippen molar-refractivity contribution in [3.63, 3.8) is 0 Å². The number of carbonyl (C=O) groups is 1. The third kappa shape index (κ3) is 7.23. The number of piperazine rings is 1. The number of aromatic nitrogens is 1. The molecule has 1 saturated heterocycles. The maximum absolute atomic E-state index is 14.0. The summed E-state index contributed by atoms with van der Waals surface area (Å²) < 4.78 is 107. The molecule has 3 aromatic rings. The van der Waals surface area contributed by atoms with E-state index in [9.17, 15) is 39.6 Å². The molecule has 7 nitrogen and oxygen atoms in total. The molecule has 15 heteroatoms. The van der Waals surface area contributed by atoms with Crippen molar-refractivity contribution in [2.24, 2.45) is 0 Å². The van der Waals surface area contributed by atoms with Gasteiger partial charge in [-0.2, -0.15) is 30.6 Å². The molecule has 1 aliphatic heterocycles. The first-order valence-corrected chi connectivity index (χ1v) is 15.9. The minimum absolute atomic E-state index is 0.0165. The van der Waals surface area contributed by atoms with Crippen molar-refractivity contribution in [3.05, 3.63) is 76.4 Å². The molecule has 1 aromatic heterocycles. The fourth-order valence-corrected chi connectivity index (χ4v) is 6.43. The number of nitrogens with zero attached hydrogens (tertiary/aromatic N) is 4. The Balaban J connectivity index is 1.79. The van der Waals surface area contributed by atoms with E-state index in [-0.39, 0.29) is 30.9 Å². The lowest BCUT2D eigenvalue weighted by atomic mass is 9.81. The van der Waals surface area contributed by atoms with E-state index >= 15 is 0 Å². The molecule has 1 atom stereocenters. The minimum atomic E-state index is -5.08. The molecule has 0 radical (unpaired) electrons. The Morgan fingerprint density at radius 2 is 1.49 bits per heavy atom. The van der Waals surface area contributed by atoms with Gasteiger partial charge in [-0.15, -0.1) is 0 Å². The van der Waals surface area contributed by atoms with E-state index in [4.69, 9.17) is 11.6 Å². The number of alkyl halides is 6. The van der Waals surface area contributed by atoms with Gasteiger partial charge >= 0.3 is 12.4 Å². The molecule has 2 heterocycles. The van der Waals surface area contributed by atoms with Crippen LogP contribution in [0.3, 0.4) is 0 Å². The monoisotopic (exact) mass is 676 g/mol. The SMILES string of the molecule is C[C@@H]1CN(S(C)(=O)=O)CCN1c1cc(-c2ccccc2Cl)c(N(C)C(=O)C(C)(C)c2cc(C(F)(F)F)cc(C(F)(F)F)c2)cn1. The Bertz CT molecular complexity index is 1680. The van der Waals surface area contributed by atoms with Gasteiger partial charge in [0.25, 0.3) is 0 Å². The number of halogens is 7. The zero-order valence-electron chi connectivity index (χ0n) is 25.0. The van der Waals surface area contributed by atoms with E-state index in [1.54, 1.807) is 30.3 Å². The number of sulfonamides is 1. The van der Waals surface area contributed by atoms with Crippen molar-refractivity contribution in [2.75, 3.05) is 42.7 Å². The molecule has 0 unspecified atom stereocenters. The summed E-state index contributed by atoms with van der Waals surface area (Å²) >= 11 is 6.53. The van der Waals surface area contributed by atoms with Crippen LogP contribution in [-0.4, -0.2) is 62.6 Å². The van der Waals surface area contributed by atoms with E-state index in [0.717, 1.165) is 11.2 Å². The number of hydrogen-bond acceptors (Lipinski definition) is 5. The van der Waals surface area contributed by atoms with Gasteiger partial charge in [0.05, 0.1) is 34.7 Å². The van der Waals surface area contributed by atoms with Crippen LogP contribution < -0.4 is 9.80 Å². The second-order valence-corrected chi connectivity index (χ2v) is 13.9. The van der Waals surface area contributed by atoms with Gasteiger partial charge in [0.2, 0.25) is 15.9 Å². The maximum Gasteiger partial charge on any atom is 0.416 e. The molecule has 244 valence electrons. The molecule has 0 aliphatic carbocycles. The molecule has 2 aromatic carbocycles. The second kappa shape index (κ2) is 12.1. The summed E-state index contributed by atoms with van der Waals surface area (Å²) in [5, 5.41) is 0.318. The van der Waals surface area contributed by atoms with E-state index < -0.39 is 50.4 Å². The summed E-state index contributed by atoms with van der Waals surface area (Å²) in [6.07, 6.45) is -7.65. The van der Waals surface area contributed by atoms with Crippen LogP contribution in [0.4, 0.5) is 37.8 Å². The fraction of sp³-hybridized carbons (Fsp3) is 0.400. The topological polar surface area (TPSA) is 73.8 Å². The van der Waals surface area contributed by atoms with Crippen molar-refractivity contribution in [3.8, 4) is 11.1 Å². The van der Waals surface area contributed by atoms with Gasteiger partial charge in [-0.3, -0.25) is 4.79 Å². The van der Waals surface area contributed by atoms with Crippen molar-refractivity contribution in [1.29, 1.82) is 0 Å². The van der Waals surface area contributed by atoms with Crippen LogP contribution in [-0.2, 0) is 32.6 Å². The number of hydrogen-bond donors (Lipinski definition) is 0. The van der Waals surface area contributed by atoms with Crippen LogP contribution in [0.5, 0.6) is 0 Å². The van der Waals surface area contributed by atoms with Crippen molar-refractivity contribution in [1.82, 2.24) is 9.29 Å². The van der Waals surface area contributed by atoms with Crippen LogP contribution >= 0.6 is 11.6 Å². The zero-order valence-corrected chi connectivity index (χ0v) is 26.5. The zero-order chi connectivity index (χ0) is 33.7. The number of pyridine rings is 1. The highest BCUT2D eigenvalue weighted by molar-refractivity contribution is 7.88. The third-order valence-corrected chi connectivity index (χ3v) is 9.50. The van der Waals surface area contributed by atoms with Gasteiger partial charge in [0, 0.05) is 48.9 Å². The molecular formula is C30H31ClF6N4O3S. The molecule has 0 saturated carbocycles. The largest absolute Gasteiger partial charge is 0.416 e. The van der Waals surface area contributed by atoms with E-state index in [1.165, 1.54) is 31.4 Å². The quantitative estimate of drug-likeness (QED) is 0.267. The molecule has 0 N–H and O–H groups in total. The van der Waals surface area contributed by atoms with Gasteiger partial charge in [-0.25, -0.2) is 13.4 Å². The Morgan fingerprint density at radius 1 is 0.933 bits per heavy atom. The Kier molecular flexibility index (Phi) is 9.28. The summed E-state index contributed by atoms with van der Waals surface area (Å²) in [5.74, 6) is -0.338. The average molecular weight is 677 g/mol. The van der Waals surface area contributed by atoms with Crippen molar-refractivity contribution >= 4 is 39.0 Å². The summed E-state index contributed by atoms with van der Waals surface area (Å²) in [5.41, 5.74) is -4.24. The molecule has 4 rings (SSSR count). The first-order chi connectivity index (χ1) is 20.6.